The zero-order valence-corrected chi connectivity index (χ0v) is 18.9. The number of benzene rings is 1. The lowest BCUT2D eigenvalue weighted by Crippen LogP contribution is -2.62. The molecule has 1 saturated heterocycles. The number of rotatable bonds is 10. The third-order valence-electron chi connectivity index (χ3n) is 6.66. The third-order valence-corrected chi connectivity index (χ3v) is 6.66. The Kier molecular flexibility index (Phi) is 7.12. The molecule has 1 aromatic heterocycles. The molecule has 3 heterocycles. The Balaban J connectivity index is 1.28. The average Bonchev–Trinajstić information content (AvgIpc) is 2.78. The van der Waals surface area contributed by atoms with Gasteiger partial charge in [-0.25, -0.2) is 13.8 Å². The molecule has 2 aliphatic heterocycles. The highest BCUT2D eigenvalue weighted by Gasteiger charge is 2.50. The Bertz CT molecular complexity index is 995. The molecule has 6 nitrogen and oxygen atoms in total. The molecule has 0 saturated carbocycles. The van der Waals surface area contributed by atoms with E-state index in [2.05, 4.69) is 17.4 Å². The summed E-state index contributed by atoms with van der Waals surface area (Å²) in [6, 6.07) is 8.41. The van der Waals surface area contributed by atoms with Crippen LogP contribution in [-0.4, -0.2) is 59.9 Å². The van der Waals surface area contributed by atoms with E-state index < -0.39 is 23.4 Å². The number of ether oxygens (including phenoxy) is 1. The number of halogens is 2. The summed E-state index contributed by atoms with van der Waals surface area (Å²) in [5.74, 6) is -1.56. The number of carboxylic acid groups (broad SMARTS) is 1. The van der Waals surface area contributed by atoms with Crippen LogP contribution >= 0.6 is 0 Å². The molecule has 1 unspecified atom stereocenters. The highest BCUT2D eigenvalue weighted by atomic mass is 19.1. The van der Waals surface area contributed by atoms with Crippen LogP contribution in [0.25, 0.3) is 0 Å². The van der Waals surface area contributed by atoms with Crippen LogP contribution < -0.4 is 10.1 Å². The lowest BCUT2D eigenvalue weighted by Gasteiger charge is -2.48. The quantitative estimate of drug-likeness (QED) is 0.519. The van der Waals surface area contributed by atoms with Crippen molar-refractivity contribution in [2.75, 3.05) is 38.6 Å². The van der Waals surface area contributed by atoms with E-state index in [9.17, 15) is 14.3 Å². The van der Waals surface area contributed by atoms with Crippen molar-refractivity contribution in [3.63, 3.8) is 0 Å². The van der Waals surface area contributed by atoms with Gasteiger partial charge in [-0.05, 0) is 68.0 Å². The van der Waals surface area contributed by atoms with E-state index in [4.69, 9.17) is 9.72 Å². The topological polar surface area (TPSA) is 74.7 Å². The SMILES string of the molecule is COc1ccc(C(CC(=O)O)C2(F)CN(CCCCc3ccc4c(n3)NCCC4)C2)cc1F. The minimum Gasteiger partial charge on any atom is -0.494 e. The number of pyridine rings is 1. The predicted molar refractivity (Wildman–Crippen MR) is 122 cm³/mol. The van der Waals surface area contributed by atoms with Crippen molar-refractivity contribution in [1.82, 2.24) is 9.88 Å². The maximum absolute atomic E-state index is 15.6. The Morgan fingerprint density at radius 3 is 2.85 bits per heavy atom. The molecule has 1 atom stereocenters. The van der Waals surface area contributed by atoms with Crippen molar-refractivity contribution in [2.45, 2.75) is 50.1 Å². The van der Waals surface area contributed by atoms with Crippen molar-refractivity contribution in [1.29, 1.82) is 0 Å². The van der Waals surface area contributed by atoms with Crippen molar-refractivity contribution in [3.8, 4) is 5.75 Å². The Morgan fingerprint density at radius 2 is 2.12 bits per heavy atom. The molecule has 1 fully saturated rings. The maximum atomic E-state index is 15.6. The number of unbranched alkanes of at least 4 members (excludes halogenated alkanes) is 1. The fourth-order valence-electron chi connectivity index (χ4n) is 4.90. The van der Waals surface area contributed by atoms with Crippen molar-refractivity contribution < 1.29 is 23.4 Å². The minimum absolute atomic E-state index is 0.0557. The summed E-state index contributed by atoms with van der Waals surface area (Å²) in [5.41, 5.74) is 1.00. The second kappa shape index (κ2) is 10.0. The molecular weight excluding hydrogens is 428 g/mol. The number of aryl methyl sites for hydroxylation is 2. The Labute approximate surface area is 193 Å². The molecule has 0 bridgehead atoms. The van der Waals surface area contributed by atoms with E-state index in [1.165, 1.54) is 24.8 Å². The highest BCUT2D eigenvalue weighted by molar-refractivity contribution is 5.68. The summed E-state index contributed by atoms with van der Waals surface area (Å²) in [6.07, 6.45) is 4.56. The molecule has 0 aliphatic carbocycles. The number of nitrogens with zero attached hydrogens (tertiary/aromatic N) is 2. The number of aliphatic carboxylic acids is 1. The third kappa shape index (κ3) is 5.43. The maximum Gasteiger partial charge on any atom is 0.304 e. The number of aromatic nitrogens is 1. The van der Waals surface area contributed by atoms with Gasteiger partial charge >= 0.3 is 5.97 Å². The number of alkyl halides is 1. The van der Waals surface area contributed by atoms with E-state index in [1.54, 1.807) is 6.07 Å². The number of anilines is 1. The van der Waals surface area contributed by atoms with Crippen LogP contribution in [-0.2, 0) is 17.6 Å². The molecule has 178 valence electrons. The molecule has 2 aliphatic rings. The predicted octanol–water partition coefficient (Wildman–Crippen LogP) is 4.19. The molecule has 1 aromatic carbocycles. The smallest absolute Gasteiger partial charge is 0.304 e. The van der Waals surface area contributed by atoms with E-state index in [1.807, 2.05) is 4.90 Å². The van der Waals surface area contributed by atoms with Gasteiger partial charge in [-0.2, -0.15) is 0 Å². The molecular formula is C25H31F2N3O3. The van der Waals surface area contributed by atoms with Crippen LogP contribution in [0.15, 0.2) is 30.3 Å². The highest BCUT2D eigenvalue weighted by Crippen LogP contribution is 2.42. The first-order chi connectivity index (χ1) is 15.9. The fourth-order valence-corrected chi connectivity index (χ4v) is 4.90. The number of methoxy groups -OCH3 is 1. The molecule has 8 heteroatoms. The first kappa shape index (κ1) is 23.4. The van der Waals surface area contributed by atoms with Gasteiger partial charge in [0.1, 0.15) is 11.5 Å². The zero-order valence-electron chi connectivity index (χ0n) is 18.9. The standard InChI is InChI=1S/C25H31F2N3O3/c1-33-22-10-8-18(13-21(22)26)20(14-23(31)32)25(27)15-30(16-25)12-3-2-6-19-9-7-17-5-4-11-28-24(17)29-19/h7-10,13,20H,2-6,11-12,14-16H2,1H3,(H,28,29)(H,31,32). The summed E-state index contributed by atoms with van der Waals surface area (Å²) >= 11 is 0. The van der Waals surface area contributed by atoms with Gasteiger partial charge in [-0.3, -0.25) is 9.69 Å². The van der Waals surface area contributed by atoms with Crippen molar-refractivity contribution in [3.05, 3.63) is 53.0 Å². The van der Waals surface area contributed by atoms with Gasteiger partial charge in [0.05, 0.1) is 13.5 Å². The van der Waals surface area contributed by atoms with Gasteiger partial charge in [0.2, 0.25) is 0 Å². The average molecular weight is 460 g/mol. The Hall–Kier alpha value is -2.74. The van der Waals surface area contributed by atoms with Crippen molar-refractivity contribution >= 4 is 11.8 Å². The normalized spacial score (nSPS) is 18.0. The number of nitrogens with one attached hydrogen (secondary N) is 1. The number of carboxylic acids is 1. The van der Waals surface area contributed by atoms with E-state index in [0.29, 0.717) is 5.56 Å². The van der Waals surface area contributed by atoms with Gasteiger partial charge in [0.25, 0.3) is 0 Å². The van der Waals surface area contributed by atoms with E-state index in [-0.39, 0.29) is 25.3 Å². The zero-order chi connectivity index (χ0) is 23.4. The largest absolute Gasteiger partial charge is 0.494 e. The summed E-state index contributed by atoms with van der Waals surface area (Å²) < 4.78 is 34.7. The van der Waals surface area contributed by atoms with Gasteiger partial charge in [0, 0.05) is 31.2 Å². The lowest BCUT2D eigenvalue weighted by atomic mass is 9.76. The summed E-state index contributed by atoms with van der Waals surface area (Å²) in [4.78, 5) is 18.1. The van der Waals surface area contributed by atoms with Crippen LogP contribution in [0.4, 0.5) is 14.6 Å². The Morgan fingerprint density at radius 1 is 1.30 bits per heavy atom. The second-order valence-corrected chi connectivity index (χ2v) is 9.09. The first-order valence-corrected chi connectivity index (χ1v) is 11.6. The van der Waals surface area contributed by atoms with Crippen LogP contribution in [0.3, 0.4) is 0 Å². The first-order valence-electron chi connectivity index (χ1n) is 11.6. The molecule has 0 amide bonds. The monoisotopic (exact) mass is 459 g/mol. The number of hydrogen-bond acceptors (Lipinski definition) is 5. The molecule has 4 rings (SSSR count). The lowest BCUT2D eigenvalue weighted by molar-refractivity contribution is -0.140. The molecule has 0 radical (unpaired) electrons. The van der Waals surface area contributed by atoms with Crippen LogP contribution in [0.5, 0.6) is 5.75 Å². The molecule has 0 spiro atoms. The van der Waals surface area contributed by atoms with Gasteiger partial charge < -0.3 is 15.2 Å². The summed E-state index contributed by atoms with van der Waals surface area (Å²) in [5, 5.41) is 12.7. The number of fused-ring (bicyclic) bond motifs is 1. The molecule has 33 heavy (non-hydrogen) atoms. The second-order valence-electron chi connectivity index (χ2n) is 9.09. The van der Waals surface area contributed by atoms with E-state index in [0.717, 1.165) is 56.7 Å². The van der Waals surface area contributed by atoms with Crippen molar-refractivity contribution in [2.24, 2.45) is 0 Å². The fraction of sp³-hybridized carbons (Fsp3) is 0.520. The number of carbonyl (C=O) groups is 1. The van der Waals surface area contributed by atoms with Crippen LogP contribution in [0.1, 0.15) is 48.4 Å². The number of likely N-dealkylation sites (tertiary alicyclic amines) is 1. The van der Waals surface area contributed by atoms with Gasteiger partial charge in [-0.1, -0.05) is 12.1 Å². The van der Waals surface area contributed by atoms with Gasteiger partial charge in [-0.15, -0.1) is 0 Å². The summed E-state index contributed by atoms with van der Waals surface area (Å²) in [7, 11) is 1.35. The van der Waals surface area contributed by atoms with Crippen LogP contribution in [0, 0.1) is 5.82 Å². The number of hydrogen-bond donors (Lipinski definition) is 2. The molecule has 2 aromatic rings. The molecule has 2 N–H and O–H groups in total. The van der Waals surface area contributed by atoms with Crippen LogP contribution in [0.2, 0.25) is 0 Å². The minimum atomic E-state index is -1.69. The van der Waals surface area contributed by atoms with E-state index >= 15 is 4.39 Å². The van der Waals surface area contributed by atoms with Gasteiger partial charge in [0.15, 0.2) is 11.6 Å². The summed E-state index contributed by atoms with van der Waals surface area (Å²) in [6.45, 7) is 2.01.